The average Bonchev–Trinajstić information content (AvgIpc) is 2.46. The van der Waals surface area contributed by atoms with Crippen molar-refractivity contribution in [2.45, 2.75) is 19.8 Å². The summed E-state index contributed by atoms with van der Waals surface area (Å²) in [5, 5.41) is 4.31. The molecule has 0 fully saturated rings. The van der Waals surface area contributed by atoms with Crippen molar-refractivity contribution in [1.82, 2.24) is 19.6 Å². The summed E-state index contributed by atoms with van der Waals surface area (Å²) in [6, 6.07) is 0. The van der Waals surface area contributed by atoms with Crippen molar-refractivity contribution in [3.05, 3.63) is 23.5 Å². The summed E-state index contributed by atoms with van der Waals surface area (Å²) in [4.78, 5) is 8.11. The topological polar surface area (TPSA) is 43.1 Å². The van der Waals surface area contributed by atoms with E-state index >= 15 is 0 Å². The highest BCUT2D eigenvalue weighted by atomic mass is 35.5. The number of imidazole rings is 1. The van der Waals surface area contributed by atoms with Crippen LogP contribution in [0.25, 0.3) is 5.52 Å². The van der Waals surface area contributed by atoms with Crippen LogP contribution in [0.15, 0.2) is 12.4 Å². The number of fused-ring (bicyclic) bond motifs is 1. The van der Waals surface area contributed by atoms with Crippen LogP contribution in [-0.2, 0) is 0 Å². The second-order valence-corrected chi connectivity index (χ2v) is 3.47. The van der Waals surface area contributed by atoms with Crippen LogP contribution in [0, 0.1) is 0 Å². The maximum Gasteiger partial charge on any atom is 0.241 e. The van der Waals surface area contributed by atoms with Crippen molar-refractivity contribution < 1.29 is 0 Å². The van der Waals surface area contributed by atoms with Gasteiger partial charge in [-0.05, 0) is 11.6 Å². The van der Waals surface area contributed by atoms with E-state index in [1.54, 1.807) is 16.9 Å². The van der Waals surface area contributed by atoms with Gasteiger partial charge in [0.1, 0.15) is 11.3 Å². The van der Waals surface area contributed by atoms with E-state index in [0.29, 0.717) is 5.92 Å². The van der Waals surface area contributed by atoms with Gasteiger partial charge in [-0.25, -0.2) is 14.5 Å². The highest BCUT2D eigenvalue weighted by molar-refractivity contribution is 6.28. The van der Waals surface area contributed by atoms with Crippen LogP contribution in [0.2, 0.25) is 5.28 Å². The maximum atomic E-state index is 5.68. The Morgan fingerprint density at radius 2 is 2.00 bits per heavy atom. The van der Waals surface area contributed by atoms with Crippen LogP contribution >= 0.6 is 11.6 Å². The lowest BCUT2D eigenvalue weighted by molar-refractivity contribution is 0.720. The van der Waals surface area contributed by atoms with Crippen LogP contribution in [0.3, 0.4) is 0 Å². The fraction of sp³-hybridized carbons (Fsp3) is 0.375. The molecule has 5 heteroatoms. The smallest absolute Gasteiger partial charge is 0.239 e. The predicted molar refractivity (Wildman–Crippen MR) is 49.9 cm³/mol. The first-order valence-electron chi connectivity index (χ1n) is 4.04. The minimum absolute atomic E-state index is 0.243. The second-order valence-electron chi connectivity index (χ2n) is 3.13. The van der Waals surface area contributed by atoms with Crippen molar-refractivity contribution in [2.75, 3.05) is 0 Å². The molecule has 0 atom stereocenters. The molecule has 0 aliphatic heterocycles. The summed E-state index contributed by atoms with van der Waals surface area (Å²) >= 11 is 5.68. The molecule has 2 aromatic rings. The molecule has 2 aromatic heterocycles. The van der Waals surface area contributed by atoms with Crippen LogP contribution in [-0.4, -0.2) is 19.6 Å². The van der Waals surface area contributed by atoms with Gasteiger partial charge in [-0.2, -0.15) is 0 Å². The van der Waals surface area contributed by atoms with Crippen molar-refractivity contribution in [2.24, 2.45) is 0 Å². The molecule has 2 rings (SSSR count). The van der Waals surface area contributed by atoms with Crippen molar-refractivity contribution in [1.29, 1.82) is 0 Å². The van der Waals surface area contributed by atoms with Crippen LogP contribution in [0.1, 0.15) is 25.6 Å². The SMILES string of the molecule is CC(C)c1ncc2cnc(Cl)nn12. The normalized spacial score (nSPS) is 11.4. The molecule has 0 amide bonds. The van der Waals surface area contributed by atoms with Crippen LogP contribution in [0.4, 0.5) is 0 Å². The summed E-state index contributed by atoms with van der Waals surface area (Å²) in [5.74, 6) is 1.23. The quantitative estimate of drug-likeness (QED) is 0.700. The van der Waals surface area contributed by atoms with E-state index in [-0.39, 0.29) is 5.28 Å². The summed E-state index contributed by atoms with van der Waals surface area (Å²) in [6.45, 7) is 4.12. The average molecular weight is 197 g/mol. The lowest BCUT2D eigenvalue weighted by atomic mass is 10.2. The van der Waals surface area contributed by atoms with Crippen molar-refractivity contribution >= 4 is 17.1 Å². The van der Waals surface area contributed by atoms with E-state index in [1.165, 1.54) is 0 Å². The fourth-order valence-electron chi connectivity index (χ4n) is 1.19. The molecular formula is C8H9ClN4. The number of nitrogens with zero attached hydrogens (tertiary/aromatic N) is 4. The van der Waals surface area contributed by atoms with Gasteiger partial charge in [0.05, 0.1) is 12.4 Å². The highest BCUT2D eigenvalue weighted by Crippen LogP contribution is 2.14. The molecule has 4 nitrogen and oxygen atoms in total. The third-order valence-electron chi connectivity index (χ3n) is 1.79. The zero-order valence-corrected chi connectivity index (χ0v) is 8.15. The zero-order chi connectivity index (χ0) is 9.42. The predicted octanol–water partition coefficient (Wildman–Crippen LogP) is 1.90. The van der Waals surface area contributed by atoms with Gasteiger partial charge in [-0.15, -0.1) is 5.10 Å². The van der Waals surface area contributed by atoms with E-state index in [4.69, 9.17) is 11.6 Å². The third kappa shape index (κ3) is 1.37. The number of hydrogen-bond donors (Lipinski definition) is 0. The Balaban J connectivity index is 2.71. The summed E-state index contributed by atoms with van der Waals surface area (Å²) in [7, 11) is 0. The summed E-state index contributed by atoms with van der Waals surface area (Å²) in [6.07, 6.45) is 3.40. The first-order valence-corrected chi connectivity index (χ1v) is 4.42. The Bertz CT molecular complexity index is 435. The minimum Gasteiger partial charge on any atom is -0.239 e. The first kappa shape index (κ1) is 8.44. The zero-order valence-electron chi connectivity index (χ0n) is 7.40. The van der Waals surface area contributed by atoms with E-state index < -0.39 is 0 Å². The molecule has 0 unspecified atom stereocenters. The molecule has 0 saturated carbocycles. The van der Waals surface area contributed by atoms with Gasteiger partial charge >= 0.3 is 0 Å². The minimum atomic E-state index is 0.243. The number of aromatic nitrogens is 4. The molecule has 68 valence electrons. The molecule has 0 N–H and O–H groups in total. The molecule has 13 heavy (non-hydrogen) atoms. The summed E-state index contributed by atoms with van der Waals surface area (Å²) in [5.41, 5.74) is 0.869. The lowest BCUT2D eigenvalue weighted by Crippen LogP contribution is -2.01. The Hall–Kier alpha value is -1.16. The molecule has 0 aliphatic carbocycles. The van der Waals surface area contributed by atoms with Crippen LogP contribution < -0.4 is 0 Å². The molecule has 2 heterocycles. The van der Waals surface area contributed by atoms with E-state index in [0.717, 1.165) is 11.3 Å². The molecule has 0 aromatic carbocycles. The van der Waals surface area contributed by atoms with Crippen molar-refractivity contribution in [3.63, 3.8) is 0 Å². The molecule has 0 aliphatic rings. The molecule has 0 spiro atoms. The van der Waals surface area contributed by atoms with E-state index in [9.17, 15) is 0 Å². The van der Waals surface area contributed by atoms with Gasteiger partial charge in [0.25, 0.3) is 0 Å². The molecule has 0 bridgehead atoms. The Labute approximate surface area is 80.6 Å². The van der Waals surface area contributed by atoms with Crippen LogP contribution in [0.5, 0.6) is 0 Å². The summed E-state index contributed by atoms with van der Waals surface area (Å²) < 4.78 is 1.72. The molecular weight excluding hydrogens is 188 g/mol. The van der Waals surface area contributed by atoms with Crippen molar-refractivity contribution in [3.8, 4) is 0 Å². The largest absolute Gasteiger partial charge is 0.241 e. The Kier molecular flexibility index (Phi) is 1.92. The molecule has 0 saturated heterocycles. The van der Waals surface area contributed by atoms with Gasteiger partial charge in [-0.3, -0.25) is 0 Å². The molecule has 0 radical (unpaired) electrons. The van der Waals surface area contributed by atoms with Gasteiger partial charge in [0, 0.05) is 5.92 Å². The van der Waals surface area contributed by atoms with E-state index in [2.05, 4.69) is 28.9 Å². The first-order chi connectivity index (χ1) is 6.18. The highest BCUT2D eigenvalue weighted by Gasteiger charge is 2.08. The van der Waals surface area contributed by atoms with Gasteiger partial charge in [0.2, 0.25) is 5.28 Å². The van der Waals surface area contributed by atoms with Gasteiger partial charge in [-0.1, -0.05) is 13.8 Å². The van der Waals surface area contributed by atoms with E-state index in [1.807, 2.05) is 0 Å². The lowest BCUT2D eigenvalue weighted by Gasteiger charge is -2.01. The number of halogens is 1. The van der Waals surface area contributed by atoms with Gasteiger partial charge < -0.3 is 0 Å². The fourth-order valence-corrected chi connectivity index (χ4v) is 1.32. The third-order valence-corrected chi connectivity index (χ3v) is 1.97. The van der Waals surface area contributed by atoms with Gasteiger partial charge in [0.15, 0.2) is 0 Å². The second kappa shape index (κ2) is 2.96. The number of rotatable bonds is 1. The monoisotopic (exact) mass is 196 g/mol. The Morgan fingerprint density at radius 3 is 2.69 bits per heavy atom. The standard InChI is InChI=1S/C8H9ClN4/c1-5(2)7-10-3-6-4-11-8(9)12-13(6)7/h3-5H,1-2H3. The number of hydrogen-bond acceptors (Lipinski definition) is 3. The maximum absolute atomic E-state index is 5.68. The Morgan fingerprint density at radius 1 is 1.31 bits per heavy atom.